The van der Waals surface area contributed by atoms with Gasteiger partial charge in [-0.25, -0.2) is 0 Å². The zero-order valence-electron chi connectivity index (χ0n) is 6.85. The van der Waals surface area contributed by atoms with Crippen molar-refractivity contribution in [3.05, 3.63) is 12.2 Å². The Morgan fingerprint density at radius 1 is 1.60 bits per heavy atom. The average molecular weight is 141 g/mol. The van der Waals surface area contributed by atoms with Crippen LogP contribution in [0.3, 0.4) is 0 Å². The van der Waals surface area contributed by atoms with Crippen molar-refractivity contribution in [3.63, 3.8) is 0 Å². The van der Waals surface area contributed by atoms with Crippen LogP contribution in [0.15, 0.2) is 12.2 Å². The molecular weight excluding hydrogens is 126 g/mol. The second-order valence-electron chi connectivity index (χ2n) is 3.18. The maximum Gasteiger partial charge on any atom is 0.0892 e. The van der Waals surface area contributed by atoms with Crippen LogP contribution in [0.2, 0.25) is 0 Å². The first kappa shape index (κ1) is 7.76. The first-order valence-corrected chi connectivity index (χ1v) is 3.66. The van der Waals surface area contributed by atoms with Crippen molar-refractivity contribution in [1.29, 1.82) is 0 Å². The van der Waals surface area contributed by atoms with Crippen LogP contribution in [0.4, 0.5) is 0 Å². The molecule has 1 unspecified atom stereocenters. The molecule has 0 saturated heterocycles. The second kappa shape index (κ2) is 2.72. The van der Waals surface area contributed by atoms with E-state index in [1.165, 1.54) is 0 Å². The van der Waals surface area contributed by atoms with Gasteiger partial charge in [-0.15, -0.1) is 0 Å². The molecular formula is C8H15NO. The van der Waals surface area contributed by atoms with Crippen LogP contribution >= 0.6 is 0 Å². The summed E-state index contributed by atoms with van der Waals surface area (Å²) in [6.07, 6.45) is 4.48. The molecule has 1 aliphatic rings. The monoisotopic (exact) mass is 141 g/mol. The van der Waals surface area contributed by atoms with Gasteiger partial charge in [0.25, 0.3) is 0 Å². The largest absolute Gasteiger partial charge is 0.363 e. The minimum atomic E-state index is -0.0541. The van der Waals surface area contributed by atoms with E-state index in [2.05, 4.69) is 31.3 Å². The molecule has 1 atom stereocenters. The van der Waals surface area contributed by atoms with E-state index in [4.69, 9.17) is 4.74 Å². The van der Waals surface area contributed by atoms with Gasteiger partial charge in [-0.05, 0) is 20.9 Å². The van der Waals surface area contributed by atoms with Gasteiger partial charge in [-0.1, -0.05) is 12.2 Å². The lowest BCUT2D eigenvalue weighted by atomic mass is 10.1. The van der Waals surface area contributed by atoms with Crippen LogP contribution in [0.25, 0.3) is 0 Å². The molecule has 1 rings (SSSR count). The van der Waals surface area contributed by atoms with Crippen molar-refractivity contribution in [2.45, 2.75) is 25.6 Å². The van der Waals surface area contributed by atoms with E-state index in [0.717, 1.165) is 6.54 Å². The molecule has 0 fully saturated rings. The lowest BCUT2D eigenvalue weighted by Crippen LogP contribution is -2.28. The minimum absolute atomic E-state index is 0.0541. The van der Waals surface area contributed by atoms with Gasteiger partial charge in [0, 0.05) is 6.54 Å². The molecule has 0 saturated carbocycles. The van der Waals surface area contributed by atoms with Gasteiger partial charge >= 0.3 is 0 Å². The van der Waals surface area contributed by atoms with Gasteiger partial charge in [-0.2, -0.15) is 0 Å². The molecule has 0 aromatic rings. The van der Waals surface area contributed by atoms with Crippen molar-refractivity contribution < 1.29 is 4.74 Å². The van der Waals surface area contributed by atoms with Gasteiger partial charge in [0.15, 0.2) is 0 Å². The Morgan fingerprint density at radius 2 is 2.30 bits per heavy atom. The Labute approximate surface area is 62.3 Å². The Kier molecular flexibility index (Phi) is 2.11. The topological polar surface area (TPSA) is 21.3 Å². The second-order valence-corrected chi connectivity index (χ2v) is 3.18. The molecule has 1 aliphatic heterocycles. The predicted octanol–water partition coefficient (Wildman–Crippen LogP) is 0.939. The summed E-state index contributed by atoms with van der Waals surface area (Å²) in [7, 11) is 1.93. The fraction of sp³-hybridized carbons (Fsp3) is 0.750. The number of rotatable bonds is 2. The summed E-state index contributed by atoms with van der Waals surface area (Å²) in [5, 5.41) is 3.07. The van der Waals surface area contributed by atoms with E-state index in [-0.39, 0.29) is 11.7 Å². The van der Waals surface area contributed by atoms with Gasteiger partial charge in [0.1, 0.15) is 0 Å². The molecule has 0 aliphatic carbocycles. The van der Waals surface area contributed by atoms with Crippen molar-refractivity contribution in [2.75, 3.05) is 13.6 Å². The van der Waals surface area contributed by atoms with Crippen LogP contribution in [-0.4, -0.2) is 25.3 Å². The molecule has 0 spiro atoms. The van der Waals surface area contributed by atoms with Gasteiger partial charge in [0.2, 0.25) is 0 Å². The molecule has 1 heterocycles. The lowest BCUT2D eigenvalue weighted by Gasteiger charge is -2.18. The Bertz CT molecular complexity index is 140. The average Bonchev–Trinajstić information content (AvgIpc) is 2.12. The molecule has 2 heteroatoms. The van der Waals surface area contributed by atoms with E-state index in [1.807, 2.05) is 7.05 Å². The predicted molar refractivity (Wildman–Crippen MR) is 42.0 cm³/mol. The zero-order valence-corrected chi connectivity index (χ0v) is 6.85. The lowest BCUT2D eigenvalue weighted by molar-refractivity contribution is 0.00343. The SMILES string of the molecule is CNCC1C=CC(C)(C)O1. The zero-order chi connectivity index (χ0) is 7.61. The van der Waals surface area contributed by atoms with E-state index in [1.54, 1.807) is 0 Å². The summed E-state index contributed by atoms with van der Waals surface area (Å²) in [5.74, 6) is 0. The highest BCUT2D eigenvalue weighted by atomic mass is 16.5. The molecule has 2 nitrogen and oxygen atoms in total. The first-order chi connectivity index (χ1) is 4.64. The third-order valence-corrected chi connectivity index (χ3v) is 1.57. The summed E-state index contributed by atoms with van der Waals surface area (Å²) in [6.45, 7) is 5.04. The third-order valence-electron chi connectivity index (χ3n) is 1.57. The molecule has 1 N–H and O–H groups in total. The number of hydrogen-bond donors (Lipinski definition) is 1. The van der Waals surface area contributed by atoms with E-state index < -0.39 is 0 Å². The normalized spacial score (nSPS) is 29.3. The molecule has 0 amide bonds. The fourth-order valence-corrected chi connectivity index (χ4v) is 1.12. The van der Waals surface area contributed by atoms with Crippen LogP contribution in [0.5, 0.6) is 0 Å². The van der Waals surface area contributed by atoms with E-state index in [0.29, 0.717) is 0 Å². The maximum absolute atomic E-state index is 5.62. The molecule has 0 aromatic heterocycles. The van der Waals surface area contributed by atoms with Crippen LogP contribution in [0, 0.1) is 0 Å². The summed E-state index contributed by atoms with van der Waals surface area (Å²) in [6, 6.07) is 0. The molecule has 0 aromatic carbocycles. The molecule has 0 radical (unpaired) electrons. The Balaban J connectivity index is 2.38. The van der Waals surface area contributed by atoms with Crippen molar-refractivity contribution in [3.8, 4) is 0 Å². The highest BCUT2D eigenvalue weighted by Crippen LogP contribution is 2.21. The molecule has 0 bridgehead atoms. The van der Waals surface area contributed by atoms with Gasteiger partial charge in [-0.3, -0.25) is 0 Å². The third kappa shape index (κ3) is 1.82. The van der Waals surface area contributed by atoms with Gasteiger partial charge < -0.3 is 10.1 Å². The summed E-state index contributed by atoms with van der Waals surface area (Å²) in [5.41, 5.74) is -0.0541. The Morgan fingerprint density at radius 3 is 2.70 bits per heavy atom. The highest BCUT2D eigenvalue weighted by molar-refractivity contribution is 5.08. The summed E-state index contributed by atoms with van der Waals surface area (Å²) < 4.78 is 5.62. The van der Waals surface area contributed by atoms with E-state index >= 15 is 0 Å². The number of hydrogen-bond acceptors (Lipinski definition) is 2. The standard InChI is InChI=1S/C8H15NO/c1-8(2)5-4-7(10-8)6-9-3/h4-5,7,9H,6H2,1-3H3. The summed E-state index contributed by atoms with van der Waals surface area (Å²) in [4.78, 5) is 0. The summed E-state index contributed by atoms with van der Waals surface area (Å²) >= 11 is 0. The molecule has 58 valence electrons. The van der Waals surface area contributed by atoms with Crippen molar-refractivity contribution in [2.24, 2.45) is 0 Å². The molecule has 10 heavy (non-hydrogen) atoms. The Hall–Kier alpha value is -0.340. The van der Waals surface area contributed by atoms with Crippen LogP contribution in [-0.2, 0) is 4.74 Å². The highest BCUT2D eigenvalue weighted by Gasteiger charge is 2.24. The number of likely N-dealkylation sites (N-methyl/N-ethyl adjacent to an activating group) is 1. The smallest absolute Gasteiger partial charge is 0.0892 e. The van der Waals surface area contributed by atoms with Gasteiger partial charge in [0.05, 0.1) is 11.7 Å². The number of ether oxygens (including phenoxy) is 1. The van der Waals surface area contributed by atoms with Crippen molar-refractivity contribution >= 4 is 0 Å². The van der Waals surface area contributed by atoms with Crippen LogP contribution in [0.1, 0.15) is 13.8 Å². The maximum atomic E-state index is 5.62. The van der Waals surface area contributed by atoms with E-state index in [9.17, 15) is 0 Å². The quantitative estimate of drug-likeness (QED) is 0.578. The van der Waals surface area contributed by atoms with Crippen LogP contribution < -0.4 is 5.32 Å². The van der Waals surface area contributed by atoms with Crippen molar-refractivity contribution in [1.82, 2.24) is 5.32 Å². The fourth-order valence-electron chi connectivity index (χ4n) is 1.12. The minimum Gasteiger partial charge on any atom is -0.363 e. The first-order valence-electron chi connectivity index (χ1n) is 3.66. The number of nitrogens with one attached hydrogen (secondary N) is 1.